The van der Waals surface area contributed by atoms with E-state index in [2.05, 4.69) is 4.72 Å². The number of benzene rings is 1. The van der Waals surface area contributed by atoms with Gasteiger partial charge < -0.3 is 14.4 Å². The highest BCUT2D eigenvalue weighted by Gasteiger charge is 2.28. The van der Waals surface area contributed by atoms with Gasteiger partial charge in [0.25, 0.3) is 16.1 Å². The number of nitrogens with one attached hydrogen (secondary N) is 1. The van der Waals surface area contributed by atoms with Crippen molar-refractivity contribution in [1.82, 2.24) is 13.9 Å². The number of rotatable bonds is 4. The molecule has 0 radical (unpaired) electrons. The van der Waals surface area contributed by atoms with Gasteiger partial charge in [-0.15, -0.1) is 0 Å². The quantitative estimate of drug-likeness (QED) is 0.845. The summed E-state index contributed by atoms with van der Waals surface area (Å²) in [6.07, 6.45) is 1.17. The molecule has 2 aliphatic rings. The van der Waals surface area contributed by atoms with E-state index in [1.807, 2.05) is 0 Å². The second-order valence-corrected chi connectivity index (χ2v) is 7.96. The Bertz CT molecular complexity index is 727. The SMILES string of the molecule is CN(C)S(=O)(=O)NC1CCN(C(=O)c2ccc3c(c2)OCO3)CC1. The van der Waals surface area contributed by atoms with E-state index in [1.165, 1.54) is 14.1 Å². The van der Waals surface area contributed by atoms with Crippen LogP contribution in [0.2, 0.25) is 0 Å². The molecule has 0 aromatic heterocycles. The maximum Gasteiger partial charge on any atom is 0.279 e. The highest BCUT2D eigenvalue weighted by Crippen LogP contribution is 2.33. The largest absolute Gasteiger partial charge is 0.454 e. The van der Waals surface area contributed by atoms with E-state index in [0.29, 0.717) is 43.0 Å². The fourth-order valence-corrected chi connectivity index (χ4v) is 3.60. The molecule has 0 spiro atoms. The fraction of sp³-hybridized carbons (Fsp3) is 0.533. The number of hydrogen-bond acceptors (Lipinski definition) is 5. The maximum absolute atomic E-state index is 12.6. The van der Waals surface area contributed by atoms with Crippen molar-refractivity contribution < 1.29 is 22.7 Å². The molecule has 1 aromatic rings. The van der Waals surface area contributed by atoms with Gasteiger partial charge in [0.15, 0.2) is 11.5 Å². The molecule has 0 atom stereocenters. The predicted molar refractivity (Wildman–Crippen MR) is 87.2 cm³/mol. The first-order chi connectivity index (χ1) is 11.4. The molecule has 0 saturated carbocycles. The zero-order valence-corrected chi connectivity index (χ0v) is 14.5. The van der Waals surface area contributed by atoms with Crippen LogP contribution in [-0.4, -0.2) is 63.5 Å². The van der Waals surface area contributed by atoms with Crippen molar-refractivity contribution in [2.24, 2.45) is 0 Å². The van der Waals surface area contributed by atoms with Gasteiger partial charge in [-0.2, -0.15) is 17.4 Å². The van der Waals surface area contributed by atoms with Gasteiger partial charge in [0.2, 0.25) is 6.79 Å². The zero-order valence-electron chi connectivity index (χ0n) is 13.7. The van der Waals surface area contributed by atoms with Gasteiger partial charge in [-0.3, -0.25) is 4.79 Å². The van der Waals surface area contributed by atoms with Gasteiger partial charge in [0, 0.05) is 38.8 Å². The molecular weight excluding hydrogens is 334 g/mol. The Morgan fingerprint density at radius 2 is 1.88 bits per heavy atom. The number of carbonyl (C=O) groups is 1. The smallest absolute Gasteiger partial charge is 0.279 e. The zero-order chi connectivity index (χ0) is 17.3. The first kappa shape index (κ1) is 17.0. The third-order valence-electron chi connectivity index (χ3n) is 4.20. The minimum atomic E-state index is -3.45. The van der Waals surface area contributed by atoms with Crippen LogP contribution in [0.15, 0.2) is 18.2 Å². The van der Waals surface area contributed by atoms with Gasteiger partial charge in [-0.1, -0.05) is 0 Å². The summed E-state index contributed by atoms with van der Waals surface area (Å²) in [6, 6.07) is 4.98. The van der Waals surface area contributed by atoms with E-state index in [-0.39, 0.29) is 18.7 Å². The lowest BCUT2D eigenvalue weighted by atomic mass is 10.0. The van der Waals surface area contributed by atoms with Crippen molar-refractivity contribution in [2.45, 2.75) is 18.9 Å². The topological polar surface area (TPSA) is 88.2 Å². The normalized spacial score (nSPS) is 18.2. The molecule has 1 N–H and O–H groups in total. The lowest BCUT2D eigenvalue weighted by Gasteiger charge is -2.32. The molecule has 0 aliphatic carbocycles. The summed E-state index contributed by atoms with van der Waals surface area (Å²) in [7, 11) is -0.472. The third kappa shape index (κ3) is 3.47. The van der Waals surface area contributed by atoms with Crippen LogP contribution in [0.4, 0.5) is 0 Å². The number of fused-ring (bicyclic) bond motifs is 1. The minimum Gasteiger partial charge on any atom is -0.454 e. The van der Waals surface area contributed by atoms with E-state index in [4.69, 9.17) is 9.47 Å². The molecular formula is C15H21N3O5S. The van der Waals surface area contributed by atoms with Crippen LogP contribution in [-0.2, 0) is 10.2 Å². The van der Waals surface area contributed by atoms with E-state index in [9.17, 15) is 13.2 Å². The van der Waals surface area contributed by atoms with Crippen LogP contribution >= 0.6 is 0 Å². The number of hydrogen-bond donors (Lipinski definition) is 1. The molecule has 1 fully saturated rings. The fourth-order valence-electron chi connectivity index (χ4n) is 2.73. The molecule has 1 aromatic carbocycles. The summed E-state index contributed by atoms with van der Waals surface area (Å²) in [5.74, 6) is 1.14. The monoisotopic (exact) mass is 355 g/mol. The number of nitrogens with zero attached hydrogens (tertiary/aromatic N) is 2. The van der Waals surface area contributed by atoms with Crippen LogP contribution in [0.3, 0.4) is 0 Å². The lowest BCUT2D eigenvalue weighted by molar-refractivity contribution is 0.0710. The first-order valence-electron chi connectivity index (χ1n) is 7.75. The molecule has 9 heteroatoms. The molecule has 2 heterocycles. The van der Waals surface area contributed by atoms with E-state index >= 15 is 0 Å². The first-order valence-corrected chi connectivity index (χ1v) is 9.19. The van der Waals surface area contributed by atoms with Gasteiger partial charge >= 0.3 is 0 Å². The number of piperidine rings is 1. The lowest BCUT2D eigenvalue weighted by Crippen LogP contribution is -2.49. The van der Waals surface area contributed by atoms with Crippen LogP contribution in [0, 0.1) is 0 Å². The van der Waals surface area contributed by atoms with Crippen LogP contribution in [0.5, 0.6) is 11.5 Å². The average Bonchev–Trinajstić information content (AvgIpc) is 3.02. The van der Waals surface area contributed by atoms with Gasteiger partial charge in [0.1, 0.15) is 0 Å². The standard InChI is InChI=1S/C15H21N3O5S/c1-17(2)24(20,21)16-12-5-7-18(8-6-12)15(19)11-3-4-13-14(9-11)23-10-22-13/h3-4,9,12,16H,5-8,10H2,1-2H3. The maximum atomic E-state index is 12.6. The molecule has 1 amide bonds. The Morgan fingerprint density at radius 3 is 2.54 bits per heavy atom. The second kappa shape index (κ2) is 6.58. The second-order valence-electron chi connectivity index (χ2n) is 6.04. The summed E-state index contributed by atoms with van der Waals surface area (Å²) in [6.45, 7) is 1.19. The Balaban J connectivity index is 1.59. The molecule has 3 rings (SSSR count). The summed E-state index contributed by atoms with van der Waals surface area (Å²) in [5.41, 5.74) is 0.548. The minimum absolute atomic E-state index is 0.0813. The highest BCUT2D eigenvalue weighted by molar-refractivity contribution is 7.87. The summed E-state index contributed by atoms with van der Waals surface area (Å²) < 4.78 is 38.0. The Labute approximate surface area is 141 Å². The van der Waals surface area contributed by atoms with Crippen LogP contribution < -0.4 is 14.2 Å². The molecule has 0 bridgehead atoms. The highest BCUT2D eigenvalue weighted by atomic mass is 32.2. The number of carbonyl (C=O) groups excluding carboxylic acids is 1. The van der Waals surface area contributed by atoms with Crippen molar-refractivity contribution in [1.29, 1.82) is 0 Å². The average molecular weight is 355 g/mol. The van der Waals surface area contributed by atoms with Crippen molar-refractivity contribution in [3.05, 3.63) is 23.8 Å². The van der Waals surface area contributed by atoms with Crippen LogP contribution in [0.1, 0.15) is 23.2 Å². The molecule has 132 valence electrons. The van der Waals surface area contributed by atoms with Crippen molar-refractivity contribution in [3.63, 3.8) is 0 Å². The number of likely N-dealkylation sites (tertiary alicyclic amines) is 1. The van der Waals surface area contributed by atoms with Crippen molar-refractivity contribution in [3.8, 4) is 11.5 Å². The molecule has 0 unspecified atom stereocenters. The number of ether oxygens (including phenoxy) is 2. The van der Waals surface area contributed by atoms with Crippen LogP contribution in [0.25, 0.3) is 0 Å². The predicted octanol–water partition coefficient (Wildman–Crippen LogP) is 0.416. The van der Waals surface area contributed by atoms with Gasteiger partial charge in [-0.25, -0.2) is 0 Å². The third-order valence-corrected chi connectivity index (χ3v) is 5.79. The van der Waals surface area contributed by atoms with E-state index < -0.39 is 10.2 Å². The van der Waals surface area contributed by atoms with Gasteiger partial charge in [-0.05, 0) is 31.0 Å². The Kier molecular flexibility index (Phi) is 4.66. The van der Waals surface area contributed by atoms with Gasteiger partial charge in [0.05, 0.1) is 0 Å². The van der Waals surface area contributed by atoms with E-state index in [0.717, 1.165) is 4.31 Å². The molecule has 2 aliphatic heterocycles. The van der Waals surface area contributed by atoms with Crippen molar-refractivity contribution >= 4 is 16.1 Å². The molecule has 24 heavy (non-hydrogen) atoms. The summed E-state index contributed by atoms with van der Waals surface area (Å²) in [5, 5.41) is 0. The molecule has 8 nitrogen and oxygen atoms in total. The molecule has 1 saturated heterocycles. The van der Waals surface area contributed by atoms with E-state index in [1.54, 1.807) is 23.1 Å². The Morgan fingerprint density at radius 1 is 1.21 bits per heavy atom. The Hall–Kier alpha value is -1.84. The van der Waals surface area contributed by atoms with Crippen molar-refractivity contribution in [2.75, 3.05) is 34.0 Å². The number of amides is 1. The summed E-state index contributed by atoms with van der Waals surface area (Å²) in [4.78, 5) is 14.3. The summed E-state index contributed by atoms with van der Waals surface area (Å²) >= 11 is 0.